The minimum Gasteiger partial charge on any atom is -0.508 e. The molecule has 1 aromatic carbocycles. The summed E-state index contributed by atoms with van der Waals surface area (Å²) >= 11 is 0. The monoisotopic (exact) mass is 224 g/mol. The third kappa shape index (κ3) is 3.55. The topological polar surface area (TPSA) is 66.8 Å². The molecule has 1 aromatic rings. The van der Waals surface area contributed by atoms with E-state index in [1.807, 2.05) is 13.8 Å². The summed E-state index contributed by atoms with van der Waals surface area (Å²) in [6, 6.07) is 5.79. The van der Waals surface area contributed by atoms with Crippen molar-refractivity contribution in [1.82, 2.24) is 0 Å². The Kier molecular flexibility index (Phi) is 4.31. The second-order valence-corrected chi connectivity index (χ2v) is 4.02. The predicted molar refractivity (Wildman–Crippen MR) is 58.9 cm³/mol. The minimum absolute atomic E-state index is 0.0893. The van der Waals surface area contributed by atoms with E-state index in [0.29, 0.717) is 5.56 Å². The number of aliphatic hydroxyl groups is 1. The summed E-state index contributed by atoms with van der Waals surface area (Å²) in [7, 11) is 0. The molecule has 0 heterocycles. The summed E-state index contributed by atoms with van der Waals surface area (Å²) in [5, 5.41) is 18.7. The smallest absolute Gasteiger partial charge is 0.339 e. The molecule has 4 nitrogen and oxygen atoms in total. The SMILES string of the molecule is CC(C)COC(=O)C(O)c1ccc(O)cc1. The first-order valence-electron chi connectivity index (χ1n) is 5.14. The highest BCUT2D eigenvalue weighted by Crippen LogP contribution is 2.18. The van der Waals surface area contributed by atoms with Crippen LogP contribution in [0.5, 0.6) is 5.75 Å². The summed E-state index contributed by atoms with van der Waals surface area (Å²) in [4.78, 5) is 11.4. The van der Waals surface area contributed by atoms with E-state index in [2.05, 4.69) is 0 Å². The lowest BCUT2D eigenvalue weighted by Crippen LogP contribution is -2.17. The first-order chi connectivity index (χ1) is 7.50. The Morgan fingerprint density at radius 3 is 2.38 bits per heavy atom. The Labute approximate surface area is 94.5 Å². The Morgan fingerprint density at radius 1 is 1.31 bits per heavy atom. The average Bonchev–Trinajstić information content (AvgIpc) is 2.26. The molecule has 0 saturated heterocycles. The van der Waals surface area contributed by atoms with Gasteiger partial charge in [0.05, 0.1) is 6.61 Å². The molecule has 0 saturated carbocycles. The molecule has 2 N–H and O–H groups in total. The number of carbonyl (C=O) groups is 1. The van der Waals surface area contributed by atoms with Crippen LogP contribution in [0.25, 0.3) is 0 Å². The number of aromatic hydroxyl groups is 1. The molecule has 4 heteroatoms. The van der Waals surface area contributed by atoms with E-state index in [1.54, 1.807) is 0 Å². The van der Waals surface area contributed by atoms with Crippen molar-refractivity contribution in [2.45, 2.75) is 20.0 Å². The van der Waals surface area contributed by atoms with Crippen LogP contribution in [-0.4, -0.2) is 22.8 Å². The van der Waals surface area contributed by atoms with Gasteiger partial charge in [0, 0.05) is 0 Å². The van der Waals surface area contributed by atoms with E-state index in [4.69, 9.17) is 9.84 Å². The maximum atomic E-state index is 11.4. The molecule has 0 spiro atoms. The van der Waals surface area contributed by atoms with Gasteiger partial charge in [-0.3, -0.25) is 0 Å². The van der Waals surface area contributed by atoms with Gasteiger partial charge in [0.2, 0.25) is 0 Å². The fraction of sp³-hybridized carbons (Fsp3) is 0.417. The van der Waals surface area contributed by atoms with E-state index in [-0.39, 0.29) is 18.3 Å². The average molecular weight is 224 g/mol. The fourth-order valence-corrected chi connectivity index (χ4v) is 1.12. The predicted octanol–water partition coefficient (Wildman–Crippen LogP) is 1.62. The molecule has 1 atom stereocenters. The van der Waals surface area contributed by atoms with Crippen molar-refractivity contribution in [2.75, 3.05) is 6.61 Å². The van der Waals surface area contributed by atoms with Gasteiger partial charge in [0.25, 0.3) is 0 Å². The van der Waals surface area contributed by atoms with Crippen molar-refractivity contribution in [3.8, 4) is 5.75 Å². The lowest BCUT2D eigenvalue weighted by Gasteiger charge is -2.12. The van der Waals surface area contributed by atoms with Crippen molar-refractivity contribution in [1.29, 1.82) is 0 Å². The maximum absolute atomic E-state index is 11.4. The van der Waals surface area contributed by atoms with Crippen LogP contribution in [0.3, 0.4) is 0 Å². The van der Waals surface area contributed by atoms with Crippen LogP contribution in [0.4, 0.5) is 0 Å². The van der Waals surface area contributed by atoms with Crippen molar-refractivity contribution < 1.29 is 19.7 Å². The van der Waals surface area contributed by atoms with Crippen molar-refractivity contribution in [2.24, 2.45) is 5.92 Å². The third-order valence-electron chi connectivity index (χ3n) is 1.99. The number of ether oxygens (including phenoxy) is 1. The summed E-state index contributed by atoms with van der Waals surface area (Å²) < 4.78 is 4.90. The van der Waals surface area contributed by atoms with E-state index in [1.165, 1.54) is 24.3 Å². The third-order valence-corrected chi connectivity index (χ3v) is 1.99. The zero-order chi connectivity index (χ0) is 12.1. The van der Waals surface area contributed by atoms with Gasteiger partial charge in [-0.25, -0.2) is 4.79 Å². The van der Waals surface area contributed by atoms with Crippen molar-refractivity contribution in [3.05, 3.63) is 29.8 Å². The summed E-state index contributed by atoms with van der Waals surface area (Å²) in [6.07, 6.45) is -1.29. The highest BCUT2D eigenvalue weighted by molar-refractivity contribution is 5.76. The van der Waals surface area contributed by atoms with E-state index in [0.717, 1.165) is 0 Å². The Bertz CT molecular complexity index is 343. The fourth-order valence-electron chi connectivity index (χ4n) is 1.12. The summed E-state index contributed by atoms with van der Waals surface area (Å²) in [5.41, 5.74) is 0.409. The molecule has 0 aliphatic heterocycles. The van der Waals surface area contributed by atoms with Crippen molar-refractivity contribution in [3.63, 3.8) is 0 Å². The second kappa shape index (κ2) is 5.51. The molecule has 0 aliphatic rings. The van der Waals surface area contributed by atoms with Gasteiger partial charge in [-0.2, -0.15) is 0 Å². The minimum atomic E-state index is -1.29. The van der Waals surface area contributed by atoms with Gasteiger partial charge in [0.15, 0.2) is 6.10 Å². The standard InChI is InChI=1S/C12H16O4/c1-8(2)7-16-12(15)11(14)9-3-5-10(13)6-4-9/h3-6,8,11,13-14H,7H2,1-2H3. The van der Waals surface area contributed by atoms with Gasteiger partial charge >= 0.3 is 5.97 Å². The molecule has 1 unspecified atom stereocenters. The summed E-state index contributed by atoms with van der Waals surface area (Å²) in [6.45, 7) is 4.12. The number of phenolic OH excluding ortho intramolecular Hbond substituents is 1. The lowest BCUT2D eigenvalue weighted by atomic mass is 10.1. The van der Waals surface area contributed by atoms with E-state index in [9.17, 15) is 9.90 Å². The van der Waals surface area contributed by atoms with Crippen LogP contribution in [0, 0.1) is 5.92 Å². The molecule has 0 radical (unpaired) electrons. The first kappa shape index (κ1) is 12.5. The normalized spacial score (nSPS) is 12.5. The largest absolute Gasteiger partial charge is 0.508 e. The van der Waals surface area contributed by atoms with Gasteiger partial charge in [-0.15, -0.1) is 0 Å². The number of esters is 1. The van der Waals surface area contributed by atoms with Crippen molar-refractivity contribution >= 4 is 5.97 Å². The Hall–Kier alpha value is -1.55. The number of rotatable bonds is 4. The van der Waals surface area contributed by atoms with Crippen LogP contribution >= 0.6 is 0 Å². The molecule has 0 bridgehead atoms. The molecule has 0 fully saturated rings. The van der Waals surface area contributed by atoms with Gasteiger partial charge in [0.1, 0.15) is 5.75 Å². The number of hydrogen-bond donors (Lipinski definition) is 2. The van der Waals surface area contributed by atoms with E-state index >= 15 is 0 Å². The highest BCUT2D eigenvalue weighted by atomic mass is 16.5. The summed E-state index contributed by atoms with van der Waals surface area (Å²) in [5.74, 6) is -0.346. The first-order valence-corrected chi connectivity index (χ1v) is 5.14. The number of carbonyl (C=O) groups excluding carboxylic acids is 1. The van der Waals surface area contributed by atoms with Crippen LogP contribution in [-0.2, 0) is 9.53 Å². The van der Waals surface area contributed by atoms with Crippen LogP contribution in [0.2, 0.25) is 0 Å². The molecule has 0 amide bonds. The van der Waals surface area contributed by atoms with Crippen LogP contribution < -0.4 is 0 Å². The lowest BCUT2D eigenvalue weighted by molar-refractivity contribution is -0.155. The Morgan fingerprint density at radius 2 is 1.88 bits per heavy atom. The van der Waals surface area contributed by atoms with Gasteiger partial charge in [-0.1, -0.05) is 26.0 Å². The molecule has 0 aliphatic carbocycles. The number of benzene rings is 1. The molecule has 88 valence electrons. The number of phenols is 1. The second-order valence-electron chi connectivity index (χ2n) is 4.02. The molecule has 1 rings (SSSR count). The Balaban J connectivity index is 2.59. The van der Waals surface area contributed by atoms with E-state index < -0.39 is 12.1 Å². The van der Waals surface area contributed by atoms with Gasteiger partial charge < -0.3 is 14.9 Å². The molecule has 16 heavy (non-hydrogen) atoms. The maximum Gasteiger partial charge on any atom is 0.339 e. The van der Waals surface area contributed by atoms with Crippen LogP contribution in [0.15, 0.2) is 24.3 Å². The van der Waals surface area contributed by atoms with Gasteiger partial charge in [-0.05, 0) is 23.6 Å². The zero-order valence-corrected chi connectivity index (χ0v) is 9.38. The molecule has 0 aromatic heterocycles. The van der Waals surface area contributed by atoms with Crippen LogP contribution in [0.1, 0.15) is 25.5 Å². The number of aliphatic hydroxyl groups excluding tert-OH is 1. The molecular formula is C12H16O4. The molecular weight excluding hydrogens is 208 g/mol. The number of hydrogen-bond acceptors (Lipinski definition) is 4. The quantitative estimate of drug-likeness (QED) is 0.763. The highest BCUT2D eigenvalue weighted by Gasteiger charge is 2.19. The zero-order valence-electron chi connectivity index (χ0n) is 9.38.